The Balaban J connectivity index is 1.65. The van der Waals surface area contributed by atoms with E-state index in [-0.39, 0.29) is 29.9 Å². The quantitative estimate of drug-likeness (QED) is 0.854. The van der Waals surface area contributed by atoms with Gasteiger partial charge in [0.25, 0.3) is 0 Å². The van der Waals surface area contributed by atoms with Gasteiger partial charge < -0.3 is 19.7 Å². The number of hydrogen-bond donors (Lipinski definition) is 1. The lowest BCUT2D eigenvalue weighted by Gasteiger charge is -2.26. The summed E-state index contributed by atoms with van der Waals surface area (Å²) in [6.45, 7) is 7.32. The van der Waals surface area contributed by atoms with Gasteiger partial charge in [0.1, 0.15) is 5.75 Å². The Bertz CT molecular complexity index is 677. The first-order valence-electron chi connectivity index (χ1n) is 8.72. The number of esters is 1. The molecule has 25 heavy (non-hydrogen) atoms. The standard InChI is InChI=1S/C19H26N2O4/c1-12-9-21(11-19(12,3)17(22)24-4)18(23)20-13(2)15-10-25-16-8-6-5-7-14(15)16/h5-8,12-13,15H,9-11H2,1-4H3,(H,20,23)/t12-,13-,15+,19-/m1/s1. The Morgan fingerprint density at radius 2 is 2.12 bits per heavy atom. The summed E-state index contributed by atoms with van der Waals surface area (Å²) in [7, 11) is 1.39. The van der Waals surface area contributed by atoms with Gasteiger partial charge in [-0.1, -0.05) is 25.1 Å². The number of benzene rings is 1. The predicted octanol–water partition coefficient (Wildman–Crippen LogP) is 2.39. The van der Waals surface area contributed by atoms with Crippen molar-refractivity contribution in [2.75, 3.05) is 26.8 Å². The SMILES string of the molecule is COC(=O)[C@]1(C)CN(C(=O)N[C@H](C)[C@@H]2COc3ccccc32)C[C@H]1C. The van der Waals surface area contributed by atoms with Crippen LogP contribution in [0.4, 0.5) is 4.79 Å². The lowest BCUT2D eigenvalue weighted by atomic mass is 9.81. The van der Waals surface area contributed by atoms with Crippen molar-refractivity contribution in [2.45, 2.75) is 32.7 Å². The van der Waals surface area contributed by atoms with Gasteiger partial charge in [0.2, 0.25) is 0 Å². The molecule has 3 rings (SSSR count). The molecule has 2 heterocycles. The smallest absolute Gasteiger partial charge is 0.317 e. The summed E-state index contributed by atoms with van der Waals surface area (Å²) in [4.78, 5) is 26.5. The molecule has 1 saturated heterocycles. The summed E-state index contributed by atoms with van der Waals surface area (Å²) in [5.41, 5.74) is 0.475. The number of urea groups is 1. The molecule has 0 saturated carbocycles. The zero-order valence-corrected chi connectivity index (χ0v) is 15.2. The van der Waals surface area contributed by atoms with E-state index in [4.69, 9.17) is 9.47 Å². The van der Waals surface area contributed by atoms with Crippen molar-refractivity contribution in [3.05, 3.63) is 29.8 Å². The molecule has 0 aliphatic carbocycles. The van der Waals surface area contributed by atoms with Gasteiger partial charge >= 0.3 is 12.0 Å². The van der Waals surface area contributed by atoms with Gasteiger partial charge in [-0.15, -0.1) is 0 Å². The van der Waals surface area contributed by atoms with E-state index >= 15 is 0 Å². The Morgan fingerprint density at radius 3 is 2.84 bits per heavy atom. The maximum absolute atomic E-state index is 12.7. The van der Waals surface area contributed by atoms with Gasteiger partial charge in [-0.25, -0.2) is 4.79 Å². The van der Waals surface area contributed by atoms with E-state index in [0.717, 1.165) is 11.3 Å². The highest BCUT2D eigenvalue weighted by atomic mass is 16.5. The number of hydrogen-bond acceptors (Lipinski definition) is 4. The van der Waals surface area contributed by atoms with Crippen molar-refractivity contribution in [3.8, 4) is 5.75 Å². The molecular weight excluding hydrogens is 320 g/mol. The molecule has 0 radical (unpaired) electrons. The zero-order valence-electron chi connectivity index (χ0n) is 15.2. The zero-order chi connectivity index (χ0) is 18.2. The van der Waals surface area contributed by atoms with Gasteiger partial charge in [-0.3, -0.25) is 4.79 Å². The number of nitrogens with one attached hydrogen (secondary N) is 1. The number of carbonyl (C=O) groups excluding carboxylic acids is 2. The molecule has 4 atom stereocenters. The fourth-order valence-corrected chi connectivity index (χ4v) is 3.79. The highest BCUT2D eigenvalue weighted by Crippen LogP contribution is 2.38. The molecule has 6 nitrogen and oxygen atoms in total. The number of fused-ring (bicyclic) bond motifs is 1. The largest absolute Gasteiger partial charge is 0.493 e. The van der Waals surface area contributed by atoms with Crippen molar-refractivity contribution in [3.63, 3.8) is 0 Å². The van der Waals surface area contributed by atoms with Crippen LogP contribution in [-0.2, 0) is 9.53 Å². The molecule has 2 aliphatic heterocycles. The highest BCUT2D eigenvalue weighted by molar-refractivity contribution is 5.81. The van der Waals surface area contributed by atoms with Gasteiger partial charge in [-0.05, 0) is 25.8 Å². The summed E-state index contributed by atoms with van der Waals surface area (Å²) in [6, 6.07) is 7.73. The van der Waals surface area contributed by atoms with E-state index in [1.54, 1.807) is 4.90 Å². The lowest BCUT2D eigenvalue weighted by molar-refractivity contribution is -0.152. The minimum atomic E-state index is -0.654. The number of ether oxygens (including phenoxy) is 2. The van der Waals surface area contributed by atoms with Crippen molar-refractivity contribution in [2.24, 2.45) is 11.3 Å². The number of para-hydroxylation sites is 1. The van der Waals surface area contributed by atoms with Crippen LogP contribution in [-0.4, -0.2) is 49.7 Å². The Labute approximate surface area is 148 Å². The van der Waals surface area contributed by atoms with E-state index < -0.39 is 5.41 Å². The number of likely N-dealkylation sites (tertiary alicyclic amines) is 1. The van der Waals surface area contributed by atoms with E-state index in [2.05, 4.69) is 5.32 Å². The van der Waals surface area contributed by atoms with Crippen molar-refractivity contribution in [1.82, 2.24) is 10.2 Å². The van der Waals surface area contributed by atoms with Gasteiger partial charge in [-0.2, -0.15) is 0 Å². The molecule has 1 N–H and O–H groups in total. The van der Waals surface area contributed by atoms with Crippen LogP contribution in [0.25, 0.3) is 0 Å². The molecule has 2 amide bonds. The first-order valence-corrected chi connectivity index (χ1v) is 8.72. The predicted molar refractivity (Wildman–Crippen MR) is 93.5 cm³/mol. The van der Waals surface area contributed by atoms with Gasteiger partial charge in [0, 0.05) is 30.6 Å². The molecule has 0 aromatic heterocycles. The van der Waals surface area contributed by atoms with Crippen LogP contribution in [0, 0.1) is 11.3 Å². The van der Waals surface area contributed by atoms with E-state index in [0.29, 0.717) is 19.7 Å². The van der Waals surface area contributed by atoms with E-state index in [1.807, 2.05) is 45.0 Å². The summed E-state index contributed by atoms with van der Waals surface area (Å²) in [5.74, 6) is 0.812. The minimum absolute atomic E-state index is 0.0524. The summed E-state index contributed by atoms with van der Waals surface area (Å²) in [6.07, 6.45) is 0. The third-order valence-electron chi connectivity index (χ3n) is 5.73. The normalized spacial score (nSPS) is 28.9. The molecule has 136 valence electrons. The van der Waals surface area contributed by atoms with Crippen LogP contribution in [0.2, 0.25) is 0 Å². The highest BCUT2D eigenvalue weighted by Gasteiger charge is 2.48. The fraction of sp³-hybridized carbons (Fsp3) is 0.579. The van der Waals surface area contributed by atoms with Crippen LogP contribution >= 0.6 is 0 Å². The first kappa shape index (κ1) is 17.6. The van der Waals surface area contributed by atoms with Crippen molar-refractivity contribution >= 4 is 12.0 Å². The number of methoxy groups -OCH3 is 1. The third-order valence-corrected chi connectivity index (χ3v) is 5.73. The summed E-state index contributed by atoms with van der Waals surface area (Å²) >= 11 is 0. The second-order valence-electron chi connectivity index (χ2n) is 7.38. The second kappa shape index (κ2) is 6.58. The second-order valence-corrected chi connectivity index (χ2v) is 7.38. The number of rotatable bonds is 3. The fourth-order valence-electron chi connectivity index (χ4n) is 3.79. The Kier molecular flexibility index (Phi) is 4.62. The lowest BCUT2D eigenvalue weighted by Crippen LogP contribution is -2.46. The Hall–Kier alpha value is -2.24. The topological polar surface area (TPSA) is 67.9 Å². The van der Waals surface area contributed by atoms with E-state index in [1.165, 1.54) is 7.11 Å². The molecule has 1 fully saturated rings. The molecule has 6 heteroatoms. The third kappa shape index (κ3) is 3.05. The molecule has 1 aromatic carbocycles. The average molecular weight is 346 g/mol. The van der Waals surface area contributed by atoms with Crippen LogP contribution in [0.5, 0.6) is 5.75 Å². The minimum Gasteiger partial charge on any atom is -0.493 e. The molecular formula is C19H26N2O4. The van der Waals surface area contributed by atoms with Crippen LogP contribution in [0.15, 0.2) is 24.3 Å². The van der Waals surface area contributed by atoms with Crippen LogP contribution < -0.4 is 10.1 Å². The Morgan fingerprint density at radius 1 is 1.40 bits per heavy atom. The number of nitrogens with zero attached hydrogens (tertiary/aromatic N) is 1. The van der Waals surface area contributed by atoms with Crippen molar-refractivity contribution in [1.29, 1.82) is 0 Å². The average Bonchev–Trinajstić information content (AvgIpc) is 3.16. The maximum atomic E-state index is 12.7. The van der Waals surface area contributed by atoms with E-state index in [9.17, 15) is 9.59 Å². The summed E-state index contributed by atoms with van der Waals surface area (Å²) in [5, 5.41) is 3.07. The van der Waals surface area contributed by atoms with Gasteiger partial charge in [0.15, 0.2) is 0 Å². The van der Waals surface area contributed by atoms with Crippen LogP contribution in [0.3, 0.4) is 0 Å². The maximum Gasteiger partial charge on any atom is 0.317 e. The molecule has 2 aliphatic rings. The van der Waals surface area contributed by atoms with Crippen LogP contribution in [0.1, 0.15) is 32.3 Å². The number of carbonyl (C=O) groups is 2. The molecule has 1 aromatic rings. The molecule has 0 bridgehead atoms. The molecule has 0 spiro atoms. The van der Waals surface area contributed by atoms with Gasteiger partial charge in [0.05, 0.1) is 19.1 Å². The first-order chi connectivity index (χ1) is 11.9. The molecule has 0 unspecified atom stereocenters. The number of amides is 2. The van der Waals surface area contributed by atoms with Crippen molar-refractivity contribution < 1.29 is 19.1 Å². The monoisotopic (exact) mass is 346 g/mol. The summed E-state index contributed by atoms with van der Waals surface area (Å²) < 4.78 is 10.6.